The third-order valence-electron chi connectivity index (χ3n) is 2.51. The maximum atomic E-state index is 5.72. The molecule has 0 bridgehead atoms. The van der Waals surface area contributed by atoms with E-state index in [1.165, 1.54) is 5.56 Å². The lowest BCUT2D eigenvalue weighted by Crippen LogP contribution is -2.09. The molecule has 96 valence electrons. The summed E-state index contributed by atoms with van der Waals surface area (Å²) in [5, 5.41) is 7.24. The predicted octanol–water partition coefficient (Wildman–Crippen LogP) is 2.44. The van der Waals surface area contributed by atoms with Crippen LogP contribution in [0.4, 0.5) is 0 Å². The standard InChI is InChI=1S/C13H16BrN3O/c1-15-10-11-3-4-13(12(14)9-11)18-8-7-17-6-2-5-16-17/h2-6,9,15H,7-8,10H2,1H3. The zero-order chi connectivity index (χ0) is 12.8. The lowest BCUT2D eigenvalue weighted by molar-refractivity contribution is 0.289. The first-order valence-electron chi connectivity index (χ1n) is 5.83. The number of aromatic nitrogens is 2. The van der Waals surface area contributed by atoms with Crippen LogP contribution in [0.3, 0.4) is 0 Å². The molecule has 4 nitrogen and oxygen atoms in total. The maximum Gasteiger partial charge on any atom is 0.133 e. The molecule has 1 N–H and O–H groups in total. The highest BCUT2D eigenvalue weighted by Crippen LogP contribution is 2.25. The second-order valence-corrected chi connectivity index (χ2v) is 4.77. The molecular formula is C13H16BrN3O. The van der Waals surface area contributed by atoms with Crippen LogP contribution in [0.25, 0.3) is 0 Å². The van der Waals surface area contributed by atoms with Crippen molar-refractivity contribution in [2.24, 2.45) is 0 Å². The molecule has 0 amide bonds. The molecule has 0 aliphatic heterocycles. The number of rotatable bonds is 6. The number of nitrogens with zero attached hydrogens (tertiary/aromatic N) is 2. The Hall–Kier alpha value is -1.33. The van der Waals surface area contributed by atoms with E-state index < -0.39 is 0 Å². The van der Waals surface area contributed by atoms with Crippen LogP contribution in [-0.2, 0) is 13.1 Å². The van der Waals surface area contributed by atoms with Gasteiger partial charge < -0.3 is 10.1 Å². The highest BCUT2D eigenvalue weighted by Gasteiger charge is 2.02. The van der Waals surface area contributed by atoms with Gasteiger partial charge in [-0.3, -0.25) is 4.68 Å². The summed E-state index contributed by atoms with van der Waals surface area (Å²) in [6.07, 6.45) is 3.69. The maximum absolute atomic E-state index is 5.72. The number of benzene rings is 1. The molecule has 1 aromatic carbocycles. The summed E-state index contributed by atoms with van der Waals surface area (Å²) in [4.78, 5) is 0. The third kappa shape index (κ3) is 3.58. The molecule has 5 heteroatoms. The minimum atomic E-state index is 0.603. The van der Waals surface area contributed by atoms with Crippen molar-refractivity contribution in [3.8, 4) is 5.75 Å². The van der Waals surface area contributed by atoms with Crippen LogP contribution in [0.15, 0.2) is 41.1 Å². The molecule has 1 heterocycles. The van der Waals surface area contributed by atoms with Crippen molar-refractivity contribution in [1.29, 1.82) is 0 Å². The normalized spacial score (nSPS) is 10.6. The Morgan fingerprint density at radius 1 is 1.44 bits per heavy atom. The second-order valence-electron chi connectivity index (χ2n) is 3.91. The number of hydrogen-bond donors (Lipinski definition) is 1. The quantitative estimate of drug-likeness (QED) is 0.891. The van der Waals surface area contributed by atoms with Gasteiger partial charge in [0.05, 0.1) is 11.0 Å². The molecule has 18 heavy (non-hydrogen) atoms. The van der Waals surface area contributed by atoms with E-state index in [0.29, 0.717) is 6.61 Å². The SMILES string of the molecule is CNCc1ccc(OCCn2cccn2)c(Br)c1. The van der Waals surface area contributed by atoms with E-state index in [1.54, 1.807) is 6.20 Å². The van der Waals surface area contributed by atoms with E-state index in [0.717, 1.165) is 23.3 Å². The van der Waals surface area contributed by atoms with Gasteiger partial charge in [-0.2, -0.15) is 5.10 Å². The van der Waals surface area contributed by atoms with Crippen molar-refractivity contribution < 1.29 is 4.74 Å². The van der Waals surface area contributed by atoms with E-state index >= 15 is 0 Å². The molecule has 0 fully saturated rings. The van der Waals surface area contributed by atoms with Gasteiger partial charge in [-0.25, -0.2) is 0 Å². The summed E-state index contributed by atoms with van der Waals surface area (Å²) in [5.41, 5.74) is 1.23. The van der Waals surface area contributed by atoms with Crippen LogP contribution in [0, 0.1) is 0 Å². The van der Waals surface area contributed by atoms with Gasteiger partial charge in [-0.15, -0.1) is 0 Å². The highest BCUT2D eigenvalue weighted by molar-refractivity contribution is 9.10. The summed E-state index contributed by atoms with van der Waals surface area (Å²) in [6.45, 7) is 2.20. The van der Waals surface area contributed by atoms with E-state index in [-0.39, 0.29) is 0 Å². The van der Waals surface area contributed by atoms with Crippen LogP contribution >= 0.6 is 15.9 Å². The topological polar surface area (TPSA) is 39.1 Å². The largest absolute Gasteiger partial charge is 0.490 e. The molecule has 2 aromatic rings. The van der Waals surface area contributed by atoms with Crippen molar-refractivity contribution in [1.82, 2.24) is 15.1 Å². The Bertz CT molecular complexity index is 485. The molecule has 1 aromatic heterocycles. The summed E-state index contributed by atoms with van der Waals surface area (Å²) in [5.74, 6) is 0.863. The number of halogens is 1. The summed E-state index contributed by atoms with van der Waals surface area (Å²) in [7, 11) is 1.93. The fourth-order valence-electron chi connectivity index (χ4n) is 1.66. The predicted molar refractivity (Wildman–Crippen MR) is 74.6 cm³/mol. The van der Waals surface area contributed by atoms with Crippen LogP contribution in [0.5, 0.6) is 5.75 Å². The second kappa shape index (κ2) is 6.56. The van der Waals surface area contributed by atoms with Gasteiger partial charge >= 0.3 is 0 Å². The molecule has 0 saturated heterocycles. The van der Waals surface area contributed by atoms with Crippen LogP contribution in [-0.4, -0.2) is 23.4 Å². The van der Waals surface area contributed by atoms with Gasteiger partial charge in [0.15, 0.2) is 0 Å². The summed E-state index contributed by atoms with van der Waals surface area (Å²) < 4.78 is 8.55. The van der Waals surface area contributed by atoms with Gasteiger partial charge in [0.25, 0.3) is 0 Å². The molecule has 0 radical (unpaired) electrons. The first kappa shape index (κ1) is 13.1. The lowest BCUT2D eigenvalue weighted by atomic mass is 10.2. The van der Waals surface area contributed by atoms with Crippen molar-refractivity contribution >= 4 is 15.9 Å². The fourth-order valence-corrected chi connectivity index (χ4v) is 2.20. The summed E-state index contributed by atoms with van der Waals surface area (Å²) in [6, 6.07) is 8.02. The number of ether oxygens (including phenoxy) is 1. The highest BCUT2D eigenvalue weighted by atomic mass is 79.9. The van der Waals surface area contributed by atoms with Crippen molar-refractivity contribution in [2.45, 2.75) is 13.1 Å². The third-order valence-corrected chi connectivity index (χ3v) is 3.13. The molecule has 0 unspecified atom stereocenters. The lowest BCUT2D eigenvalue weighted by Gasteiger charge is -2.09. The summed E-state index contributed by atoms with van der Waals surface area (Å²) >= 11 is 3.52. The Kier molecular flexibility index (Phi) is 4.78. The van der Waals surface area contributed by atoms with Crippen molar-refractivity contribution in [3.05, 3.63) is 46.7 Å². The molecule has 0 saturated carbocycles. The Balaban J connectivity index is 1.89. The van der Waals surface area contributed by atoms with E-state index in [1.807, 2.05) is 30.1 Å². The van der Waals surface area contributed by atoms with E-state index in [4.69, 9.17) is 4.74 Å². The monoisotopic (exact) mass is 309 g/mol. The van der Waals surface area contributed by atoms with Gasteiger partial charge in [-0.05, 0) is 46.7 Å². The first-order valence-corrected chi connectivity index (χ1v) is 6.62. The fraction of sp³-hybridized carbons (Fsp3) is 0.308. The van der Waals surface area contributed by atoms with E-state index in [9.17, 15) is 0 Å². The average molecular weight is 310 g/mol. The van der Waals surface area contributed by atoms with Gasteiger partial charge in [0.1, 0.15) is 12.4 Å². The van der Waals surface area contributed by atoms with Crippen LogP contribution < -0.4 is 10.1 Å². The zero-order valence-corrected chi connectivity index (χ0v) is 11.9. The molecular weight excluding hydrogens is 294 g/mol. The number of hydrogen-bond acceptors (Lipinski definition) is 3. The Morgan fingerprint density at radius 3 is 3.00 bits per heavy atom. The van der Waals surface area contributed by atoms with Crippen molar-refractivity contribution in [2.75, 3.05) is 13.7 Å². The molecule has 2 rings (SSSR count). The number of nitrogens with one attached hydrogen (secondary N) is 1. The van der Waals surface area contributed by atoms with E-state index in [2.05, 4.69) is 38.5 Å². The Labute approximate surface area is 115 Å². The molecule has 0 aliphatic carbocycles. The van der Waals surface area contributed by atoms with Gasteiger partial charge in [0.2, 0.25) is 0 Å². The van der Waals surface area contributed by atoms with Gasteiger partial charge in [-0.1, -0.05) is 6.07 Å². The molecule has 0 aliphatic rings. The first-order chi connectivity index (χ1) is 8.79. The van der Waals surface area contributed by atoms with Gasteiger partial charge in [0, 0.05) is 18.9 Å². The van der Waals surface area contributed by atoms with Crippen molar-refractivity contribution in [3.63, 3.8) is 0 Å². The smallest absolute Gasteiger partial charge is 0.133 e. The van der Waals surface area contributed by atoms with Crippen LogP contribution in [0.1, 0.15) is 5.56 Å². The molecule has 0 spiro atoms. The minimum absolute atomic E-state index is 0.603. The zero-order valence-electron chi connectivity index (χ0n) is 10.3. The molecule has 0 atom stereocenters. The Morgan fingerprint density at radius 2 is 2.33 bits per heavy atom. The average Bonchev–Trinajstić information content (AvgIpc) is 2.85. The minimum Gasteiger partial charge on any atom is -0.490 e. The van der Waals surface area contributed by atoms with Crippen LogP contribution in [0.2, 0.25) is 0 Å².